The molecule has 1 aromatic heterocycles. The molecule has 2 aromatic rings. The molecule has 1 fully saturated rings. The molecule has 1 saturated heterocycles. The van der Waals surface area contributed by atoms with Crippen LogP contribution in [-0.2, 0) is 0 Å². The molecule has 0 atom stereocenters. The van der Waals surface area contributed by atoms with Crippen LogP contribution in [0.25, 0.3) is 11.1 Å². The van der Waals surface area contributed by atoms with Crippen molar-refractivity contribution in [3.05, 3.63) is 23.0 Å². The molecule has 0 saturated carbocycles. The van der Waals surface area contributed by atoms with Gasteiger partial charge in [-0.1, -0.05) is 11.6 Å². The molecule has 1 aromatic carbocycles. The van der Waals surface area contributed by atoms with Gasteiger partial charge < -0.3 is 14.6 Å². The molecule has 4 nitrogen and oxygen atoms in total. The Morgan fingerprint density at radius 3 is 2.88 bits per heavy atom. The number of hydrogen-bond acceptors (Lipinski definition) is 4. The molecule has 3 rings (SSSR count). The van der Waals surface area contributed by atoms with Crippen LogP contribution in [0.4, 0.5) is 5.69 Å². The van der Waals surface area contributed by atoms with E-state index in [1.165, 1.54) is 0 Å². The minimum absolute atomic E-state index is 0.636. The summed E-state index contributed by atoms with van der Waals surface area (Å²) in [5.74, 6) is 0.652. The Morgan fingerprint density at radius 1 is 1.35 bits per heavy atom. The summed E-state index contributed by atoms with van der Waals surface area (Å²) in [4.78, 5) is 6.65. The highest BCUT2D eigenvalue weighted by Gasteiger charge is 2.14. The van der Waals surface area contributed by atoms with E-state index >= 15 is 0 Å². The van der Waals surface area contributed by atoms with E-state index < -0.39 is 0 Å². The topological polar surface area (TPSA) is 41.3 Å². The Labute approximate surface area is 105 Å². The summed E-state index contributed by atoms with van der Waals surface area (Å²) in [6.45, 7) is 5.85. The van der Waals surface area contributed by atoms with Crippen LogP contribution in [0.5, 0.6) is 0 Å². The number of nitrogens with zero attached hydrogens (tertiary/aromatic N) is 2. The quantitative estimate of drug-likeness (QED) is 0.844. The maximum Gasteiger partial charge on any atom is 0.192 e. The number of fused-ring (bicyclic) bond motifs is 1. The molecule has 17 heavy (non-hydrogen) atoms. The molecular weight excluding hydrogens is 238 g/mol. The molecule has 0 unspecified atom stereocenters. The first-order valence-corrected chi connectivity index (χ1v) is 6.14. The molecule has 2 heterocycles. The Balaban J connectivity index is 2.04. The summed E-state index contributed by atoms with van der Waals surface area (Å²) in [5.41, 5.74) is 2.64. The summed E-state index contributed by atoms with van der Waals surface area (Å²) in [6.07, 6.45) is 0. The molecule has 0 radical (unpaired) electrons. The minimum Gasteiger partial charge on any atom is -0.439 e. The van der Waals surface area contributed by atoms with E-state index in [9.17, 15) is 0 Å². The summed E-state index contributed by atoms with van der Waals surface area (Å²) >= 11 is 6.22. The van der Waals surface area contributed by atoms with E-state index in [0.717, 1.165) is 37.4 Å². The third kappa shape index (κ3) is 1.98. The maximum absolute atomic E-state index is 6.22. The van der Waals surface area contributed by atoms with Gasteiger partial charge >= 0.3 is 0 Å². The lowest BCUT2D eigenvalue weighted by atomic mass is 10.2. The van der Waals surface area contributed by atoms with Crippen molar-refractivity contribution in [2.45, 2.75) is 6.92 Å². The van der Waals surface area contributed by atoms with Gasteiger partial charge in [-0.3, -0.25) is 0 Å². The first-order chi connectivity index (χ1) is 8.24. The van der Waals surface area contributed by atoms with Crippen molar-refractivity contribution in [3.63, 3.8) is 0 Å². The van der Waals surface area contributed by atoms with Crippen molar-refractivity contribution >= 4 is 28.4 Å². The molecule has 90 valence electrons. The largest absolute Gasteiger partial charge is 0.439 e. The van der Waals surface area contributed by atoms with E-state index in [1.807, 2.05) is 19.1 Å². The number of rotatable bonds is 1. The third-order valence-electron chi connectivity index (χ3n) is 3.02. The van der Waals surface area contributed by atoms with Crippen molar-refractivity contribution in [3.8, 4) is 0 Å². The Bertz CT molecular complexity index is 546. The number of aromatic nitrogens is 1. The van der Waals surface area contributed by atoms with E-state index in [1.54, 1.807) is 0 Å². The smallest absolute Gasteiger partial charge is 0.192 e. The Hall–Kier alpha value is -1.26. The van der Waals surface area contributed by atoms with Crippen LogP contribution >= 0.6 is 11.6 Å². The summed E-state index contributed by atoms with van der Waals surface area (Å²) in [6, 6.07) is 4.00. The first-order valence-electron chi connectivity index (χ1n) is 5.76. The predicted molar refractivity (Wildman–Crippen MR) is 68.8 cm³/mol. The van der Waals surface area contributed by atoms with Gasteiger partial charge in [0.25, 0.3) is 0 Å². The van der Waals surface area contributed by atoms with Gasteiger partial charge in [-0.2, -0.15) is 0 Å². The lowest BCUT2D eigenvalue weighted by Gasteiger charge is -2.29. The lowest BCUT2D eigenvalue weighted by molar-refractivity contribution is 0.561. The molecule has 0 bridgehead atoms. The molecular formula is C12H14ClN3O. The normalized spacial score (nSPS) is 16.7. The summed E-state index contributed by atoms with van der Waals surface area (Å²) < 4.78 is 5.47. The number of aryl methyl sites for hydroxylation is 1. The van der Waals surface area contributed by atoms with E-state index in [-0.39, 0.29) is 0 Å². The molecule has 0 aliphatic carbocycles. The van der Waals surface area contributed by atoms with Crippen molar-refractivity contribution < 1.29 is 4.42 Å². The highest BCUT2D eigenvalue weighted by Crippen LogP contribution is 2.30. The number of halogens is 1. The number of benzene rings is 1. The summed E-state index contributed by atoms with van der Waals surface area (Å²) in [5, 5.41) is 3.97. The zero-order valence-electron chi connectivity index (χ0n) is 9.66. The lowest BCUT2D eigenvalue weighted by Crippen LogP contribution is -2.43. The van der Waals surface area contributed by atoms with Gasteiger partial charge in [0.2, 0.25) is 0 Å². The fraction of sp³-hybridized carbons (Fsp3) is 0.417. The highest BCUT2D eigenvalue weighted by atomic mass is 35.5. The fourth-order valence-corrected chi connectivity index (χ4v) is 2.44. The van der Waals surface area contributed by atoms with Crippen molar-refractivity contribution in [1.82, 2.24) is 10.3 Å². The van der Waals surface area contributed by atoms with E-state index in [4.69, 9.17) is 16.0 Å². The van der Waals surface area contributed by atoms with Crippen molar-refractivity contribution in [2.75, 3.05) is 31.1 Å². The molecule has 1 aliphatic heterocycles. The van der Waals surface area contributed by atoms with Crippen LogP contribution < -0.4 is 10.2 Å². The van der Waals surface area contributed by atoms with Crippen LogP contribution in [-0.4, -0.2) is 31.2 Å². The Morgan fingerprint density at radius 2 is 2.12 bits per heavy atom. The summed E-state index contributed by atoms with van der Waals surface area (Å²) in [7, 11) is 0. The van der Waals surface area contributed by atoms with Gasteiger partial charge in [-0.15, -0.1) is 0 Å². The zero-order valence-corrected chi connectivity index (χ0v) is 10.4. The van der Waals surface area contributed by atoms with Gasteiger partial charge in [-0.05, 0) is 12.1 Å². The second kappa shape index (κ2) is 4.20. The predicted octanol–water partition coefficient (Wildman–Crippen LogP) is 2.20. The molecule has 1 N–H and O–H groups in total. The van der Waals surface area contributed by atoms with Gasteiger partial charge in [0.15, 0.2) is 11.5 Å². The van der Waals surface area contributed by atoms with Crippen LogP contribution in [0.3, 0.4) is 0 Å². The van der Waals surface area contributed by atoms with Crippen LogP contribution in [0.1, 0.15) is 5.89 Å². The Kier molecular flexibility index (Phi) is 2.68. The van der Waals surface area contributed by atoms with Crippen LogP contribution in [0.2, 0.25) is 5.02 Å². The SMILES string of the molecule is Cc1nc2cc(N3CCNCC3)cc(Cl)c2o1. The monoisotopic (exact) mass is 251 g/mol. The maximum atomic E-state index is 6.22. The van der Waals surface area contributed by atoms with E-state index in [2.05, 4.69) is 15.2 Å². The van der Waals surface area contributed by atoms with E-state index in [0.29, 0.717) is 16.5 Å². The van der Waals surface area contributed by atoms with Gasteiger partial charge in [-0.25, -0.2) is 4.98 Å². The van der Waals surface area contributed by atoms with Crippen molar-refractivity contribution in [2.24, 2.45) is 0 Å². The molecule has 1 aliphatic rings. The second-order valence-corrected chi connectivity index (χ2v) is 4.65. The average Bonchev–Trinajstić information content (AvgIpc) is 2.71. The molecule has 0 amide bonds. The number of hydrogen-bond donors (Lipinski definition) is 1. The number of nitrogens with one attached hydrogen (secondary N) is 1. The van der Waals surface area contributed by atoms with Crippen molar-refractivity contribution in [1.29, 1.82) is 0 Å². The standard InChI is InChI=1S/C12H14ClN3O/c1-8-15-11-7-9(6-10(13)12(11)17-8)16-4-2-14-3-5-16/h6-7,14H,2-5H2,1H3. The third-order valence-corrected chi connectivity index (χ3v) is 3.30. The van der Waals surface area contributed by atoms with Gasteiger partial charge in [0.1, 0.15) is 5.52 Å². The molecule has 5 heteroatoms. The zero-order chi connectivity index (χ0) is 11.8. The minimum atomic E-state index is 0.636. The fourth-order valence-electron chi connectivity index (χ4n) is 2.19. The van der Waals surface area contributed by atoms with Gasteiger partial charge in [0.05, 0.1) is 5.02 Å². The highest BCUT2D eigenvalue weighted by molar-refractivity contribution is 6.35. The van der Waals surface area contributed by atoms with Crippen LogP contribution in [0.15, 0.2) is 16.5 Å². The average molecular weight is 252 g/mol. The second-order valence-electron chi connectivity index (χ2n) is 4.25. The number of oxazole rings is 1. The number of piperazine rings is 1. The van der Waals surface area contributed by atoms with Gasteiger partial charge in [0, 0.05) is 38.8 Å². The first kappa shape index (κ1) is 10.9. The molecule has 0 spiro atoms. The van der Waals surface area contributed by atoms with Crippen LogP contribution in [0, 0.1) is 6.92 Å². The number of anilines is 1.